The summed E-state index contributed by atoms with van der Waals surface area (Å²) < 4.78 is 7.94. The first-order chi connectivity index (χ1) is 21.8. The molecule has 4 aromatic rings. The summed E-state index contributed by atoms with van der Waals surface area (Å²) in [5.74, 6) is 2.22. The van der Waals surface area contributed by atoms with Crippen molar-refractivity contribution in [3.05, 3.63) is 70.5 Å². The van der Waals surface area contributed by atoms with Crippen LogP contribution in [-0.4, -0.2) is 62.8 Å². The SMILES string of the molecule is Cc1ccc(C(C)C)cc1N1CCc2nc(-c3cccc4c3c(C)cn4SI)nc(N3CCN(C(=O)OC(C)(C)C)CC3C)c2C1. The number of piperazine rings is 1. The zero-order chi connectivity index (χ0) is 32.9. The molecule has 8 nitrogen and oxygen atoms in total. The molecule has 0 radical (unpaired) electrons. The Balaban J connectivity index is 1.43. The van der Waals surface area contributed by atoms with Gasteiger partial charge in [0.05, 0.1) is 11.2 Å². The number of hydrogen-bond donors (Lipinski definition) is 0. The number of carbonyl (C=O) groups excluding carboxylic acids is 1. The van der Waals surface area contributed by atoms with Crippen molar-refractivity contribution in [1.82, 2.24) is 18.8 Å². The van der Waals surface area contributed by atoms with Crippen molar-refractivity contribution in [1.29, 1.82) is 0 Å². The van der Waals surface area contributed by atoms with Gasteiger partial charge in [-0.05, 0) is 76.3 Å². The van der Waals surface area contributed by atoms with Gasteiger partial charge in [0.25, 0.3) is 0 Å². The van der Waals surface area contributed by atoms with Gasteiger partial charge in [0.1, 0.15) is 11.4 Å². The van der Waals surface area contributed by atoms with Crippen LogP contribution in [0.15, 0.2) is 42.6 Å². The van der Waals surface area contributed by atoms with Crippen LogP contribution in [0.4, 0.5) is 16.3 Å². The molecule has 1 saturated heterocycles. The number of amides is 1. The van der Waals surface area contributed by atoms with Gasteiger partial charge in [0.2, 0.25) is 0 Å². The molecular formula is C36H45IN6O2S. The van der Waals surface area contributed by atoms with Crippen molar-refractivity contribution in [2.45, 2.75) is 85.9 Å². The lowest BCUT2D eigenvalue weighted by molar-refractivity contribution is 0.0218. The van der Waals surface area contributed by atoms with E-state index < -0.39 is 5.60 Å². The monoisotopic (exact) mass is 752 g/mol. The van der Waals surface area contributed by atoms with Gasteiger partial charge < -0.3 is 19.4 Å². The highest BCUT2D eigenvalue weighted by atomic mass is 127. The van der Waals surface area contributed by atoms with Gasteiger partial charge in [-0.1, -0.05) is 38.1 Å². The summed E-state index contributed by atoms with van der Waals surface area (Å²) in [6.45, 7) is 20.3. The average molecular weight is 753 g/mol. The first kappa shape index (κ1) is 32.9. The van der Waals surface area contributed by atoms with E-state index in [1.165, 1.54) is 38.8 Å². The smallest absolute Gasteiger partial charge is 0.410 e. The van der Waals surface area contributed by atoms with Crippen molar-refractivity contribution in [3.63, 3.8) is 0 Å². The minimum atomic E-state index is -0.527. The predicted molar refractivity (Wildman–Crippen MR) is 199 cm³/mol. The van der Waals surface area contributed by atoms with Crippen LogP contribution in [0.25, 0.3) is 22.3 Å². The Kier molecular flexibility index (Phi) is 9.23. The minimum Gasteiger partial charge on any atom is -0.444 e. The van der Waals surface area contributed by atoms with E-state index in [2.05, 4.69) is 112 Å². The number of aromatic nitrogens is 3. The maximum absolute atomic E-state index is 13.0. The maximum Gasteiger partial charge on any atom is 0.410 e. The Bertz CT molecular complexity index is 1780. The highest BCUT2D eigenvalue weighted by molar-refractivity contribution is 14.2. The zero-order valence-corrected chi connectivity index (χ0v) is 31.2. The number of benzene rings is 2. The fraction of sp³-hybridized carbons (Fsp3) is 0.472. The molecule has 244 valence electrons. The normalized spacial score (nSPS) is 17.2. The van der Waals surface area contributed by atoms with Crippen LogP contribution >= 0.6 is 30.3 Å². The largest absolute Gasteiger partial charge is 0.444 e. The molecule has 2 aliphatic heterocycles. The molecule has 0 N–H and O–H groups in total. The Morgan fingerprint density at radius 2 is 1.85 bits per heavy atom. The molecule has 2 aromatic heterocycles. The van der Waals surface area contributed by atoms with Gasteiger partial charge in [-0.3, -0.25) is 3.97 Å². The van der Waals surface area contributed by atoms with Crippen LogP contribution in [-0.2, 0) is 17.7 Å². The lowest BCUT2D eigenvalue weighted by Crippen LogP contribution is -2.55. The number of rotatable bonds is 5. The molecule has 10 heteroatoms. The molecule has 2 aromatic carbocycles. The second-order valence-corrected chi connectivity index (χ2v) is 15.8. The lowest BCUT2D eigenvalue weighted by atomic mass is 9.97. The fourth-order valence-corrected chi connectivity index (χ4v) is 8.14. The number of nitrogens with zero attached hydrogens (tertiary/aromatic N) is 6. The highest BCUT2D eigenvalue weighted by Crippen LogP contribution is 2.38. The number of aryl methyl sites for hydroxylation is 2. The van der Waals surface area contributed by atoms with Gasteiger partial charge in [-0.15, -0.1) is 0 Å². The molecule has 0 aliphatic carbocycles. The van der Waals surface area contributed by atoms with Crippen LogP contribution in [0.1, 0.15) is 75.4 Å². The molecule has 6 rings (SSSR count). The number of halogens is 1. The van der Waals surface area contributed by atoms with Gasteiger partial charge in [-0.2, -0.15) is 0 Å². The molecule has 1 fully saturated rings. The van der Waals surface area contributed by atoms with Crippen molar-refractivity contribution in [2.24, 2.45) is 0 Å². The molecule has 0 bridgehead atoms. The number of fused-ring (bicyclic) bond motifs is 2. The quantitative estimate of drug-likeness (QED) is 0.189. The lowest BCUT2D eigenvalue weighted by Gasteiger charge is -2.42. The third-order valence-corrected chi connectivity index (χ3v) is 10.9. The summed E-state index contributed by atoms with van der Waals surface area (Å²) in [5, 5.41) is 1.19. The van der Waals surface area contributed by atoms with E-state index in [0.29, 0.717) is 25.6 Å². The van der Waals surface area contributed by atoms with E-state index in [1.807, 2.05) is 25.7 Å². The van der Waals surface area contributed by atoms with Gasteiger partial charge >= 0.3 is 6.09 Å². The van der Waals surface area contributed by atoms with E-state index in [4.69, 9.17) is 14.7 Å². The summed E-state index contributed by atoms with van der Waals surface area (Å²) >= 11 is 2.33. The second-order valence-electron chi connectivity index (χ2n) is 14.0. The fourth-order valence-electron chi connectivity index (χ4n) is 6.74. The molecule has 1 atom stereocenters. The molecule has 4 heterocycles. The third kappa shape index (κ3) is 6.43. The molecular weight excluding hydrogens is 707 g/mol. The number of ether oxygens (including phenoxy) is 1. The van der Waals surface area contributed by atoms with E-state index in [1.54, 1.807) is 9.12 Å². The van der Waals surface area contributed by atoms with Crippen molar-refractivity contribution >= 4 is 58.8 Å². The van der Waals surface area contributed by atoms with E-state index in [-0.39, 0.29) is 12.1 Å². The molecule has 2 aliphatic rings. The summed E-state index contributed by atoms with van der Waals surface area (Å²) in [6, 6.07) is 13.4. The molecule has 1 unspecified atom stereocenters. The predicted octanol–water partition coefficient (Wildman–Crippen LogP) is 8.69. The first-order valence-corrected chi connectivity index (χ1v) is 19.6. The Labute approximate surface area is 289 Å². The van der Waals surface area contributed by atoms with Gasteiger partial charge in [-0.25, -0.2) is 14.8 Å². The Hall–Kier alpha value is -2.99. The maximum atomic E-state index is 13.0. The van der Waals surface area contributed by atoms with Crippen LogP contribution < -0.4 is 9.80 Å². The van der Waals surface area contributed by atoms with Crippen LogP contribution in [0.2, 0.25) is 0 Å². The Morgan fingerprint density at radius 1 is 1.07 bits per heavy atom. The van der Waals surface area contributed by atoms with E-state index in [0.717, 1.165) is 42.4 Å². The molecule has 1 amide bonds. The Morgan fingerprint density at radius 3 is 2.54 bits per heavy atom. The third-order valence-electron chi connectivity index (χ3n) is 9.13. The van der Waals surface area contributed by atoms with Crippen LogP contribution in [0.5, 0.6) is 0 Å². The molecule has 46 heavy (non-hydrogen) atoms. The number of carbonyl (C=O) groups is 1. The summed E-state index contributed by atoms with van der Waals surface area (Å²) in [5.41, 5.74) is 9.14. The molecule has 0 saturated carbocycles. The number of hydrogen-bond acceptors (Lipinski definition) is 7. The highest BCUT2D eigenvalue weighted by Gasteiger charge is 2.34. The van der Waals surface area contributed by atoms with Crippen molar-refractivity contribution in [2.75, 3.05) is 36.0 Å². The van der Waals surface area contributed by atoms with Crippen molar-refractivity contribution < 1.29 is 9.53 Å². The van der Waals surface area contributed by atoms with Gasteiger partial charge in [0, 0.05) is 104 Å². The summed E-state index contributed by atoms with van der Waals surface area (Å²) in [6.07, 6.45) is 2.78. The van der Waals surface area contributed by atoms with E-state index >= 15 is 0 Å². The zero-order valence-electron chi connectivity index (χ0n) is 28.2. The standard InChI is InChI=1S/C36H45IN6O2S/c1-22(2)26-13-12-23(3)31(18-26)40-15-14-29-28(21-40)34(42-17-16-41(20-25(42)5)35(44)45-36(6,7)8)39-33(38-29)27-10-9-11-30-32(27)24(4)19-43(30)46-37/h9-13,18-19,22,25H,14-17,20-21H2,1-8H3. The first-order valence-electron chi connectivity index (χ1n) is 16.2. The van der Waals surface area contributed by atoms with E-state index in [9.17, 15) is 4.79 Å². The average Bonchev–Trinajstić information content (AvgIpc) is 3.35. The van der Waals surface area contributed by atoms with Gasteiger partial charge in [0.15, 0.2) is 5.82 Å². The van der Waals surface area contributed by atoms with Crippen LogP contribution in [0.3, 0.4) is 0 Å². The second kappa shape index (κ2) is 12.9. The topological polar surface area (TPSA) is 66.7 Å². The van der Waals surface area contributed by atoms with Crippen LogP contribution in [0, 0.1) is 13.8 Å². The summed E-state index contributed by atoms with van der Waals surface area (Å²) in [4.78, 5) is 30.5. The number of anilines is 2. The van der Waals surface area contributed by atoms with Crippen molar-refractivity contribution in [3.8, 4) is 11.4 Å². The minimum absolute atomic E-state index is 0.0588. The molecule has 0 spiro atoms. The summed E-state index contributed by atoms with van der Waals surface area (Å²) in [7, 11) is 1.67.